The second-order valence-corrected chi connectivity index (χ2v) is 4.83. The molecule has 0 unspecified atom stereocenters. The Balaban J connectivity index is 1.88. The predicted octanol–water partition coefficient (Wildman–Crippen LogP) is 4.06. The monoisotopic (exact) mass is 249 g/mol. The van der Waals surface area contributed by atoms with E-state index in [1.54, 1.807) is 11.3 Å². The van der Waals surface area contributed by atoms with Crippen LogP contribution in [0.25, 0.3) is 0 Å². The third kappa shape index (κ3) is 3.19. The summed E-state index contributed by atoms with van der Waals surface area (Å²) in [6.07, 6.45) is 2.84. The van der Waals surface area contributed by atoms with Crippen LogP contribution in [0.1, 0.15) is 10.4 Å². The molecule has 0 amide bonds. The minimum absolute atomic E-state index is 0.752. The molecule has 0 spiro atoms. The van der Waals surface area contributed by atoms with E-state index >= 15 is 0 Å². The zero-order chi connectivity index (χ0) is 11.2. The highest BCUT2D eigenvalue weighted by molar-refractivity contribution is 7.09. The average molecular weight is 250 g/mol. The molecule has 0 atom stereocenters. The molecule has 0 saturated carbocycles. The zero-order valence-corrected chi connectivity index (χ0v) is 10.3. The van der Waals surface area contributed by atoms with E-state index in [-0.39, 0.29) is 0 Å². The van der Waals surface area contributed by atoms with Gasteiger partial charge in [-0.15, -0.1) is 11.3 Å². The number of thiophene rings is 1. The van der Waals surface area contributed by atoms with E-state index in [0.717, 1.165) is 23.6 Å². The SMILES string of the molecule is Clc1ccccc1/C=N/CCc1cccs1. The lowest BCUT2D eigenvalue weighted by atomic mass is 10.2. The van der Waals surface area contributed by atoms with Gasteiger partial charge in [-0.2, -0.15) is 0 Å². The van der Waals surface area contributed by atoms with Crippen LogP contribution in [0.5, 0.6) is 0 Å². The van der Waals surface area contributed by atoms with Crippen molar-refractivity contribution in [1.82, 2.24) is 0 Å². The Labute approximate surface area is 104 Å². The number of nitrogens with zero attached hydrogens (tertiary/aromatic N) is 1. The molecule has 0 saturated heterocycles. The molecule has 3 heteroatoms. The zero-order valence-electron chi connectivity index (χ0n) is 8.77. The van der Waals surface area contributed by atoms with Gasteiger partial charge in [0, 0.05) is 34.6 Å². The highest BCUT2D eigenvalue weighted by Gasteiger charge is 1.94. The molecule has 0 bridgehead atoms. The fourth-order valence-corrected chi connectivity index (χ4v) is 2.25. The van der Waals surface area contributed by atoms with Gasteiger partial charge < -0.3 is 0 Å². The molecule has 0 radical (unpaired) electrons. The lowest BCUT2D eigenvalue weighted by Crippen LogP contribution is -1.88. The van der Waals surface area contributed by atoms with E-state index < -0.39 is 0 Å². The van der Waals surface area contributed by atoms with Gasteiger partial charge in [-0.25, -0.2) is 0 Å². The number of benzene rings is 1. The minimum Gasteiger partial charge on any atom is -0.292 e. The van der Waals surface area contributed by atoms with Gasteiger partial charge in [-0.1, -0.05) is 35.9 Å². The first-order valence-electron chi connectivity index (χ1n) is 5.13. The largest absolute Gasteiger partial charge is 0.292 e. The summed E-state index contributed by atoms with van der Waals surface area (Å²) >= 11 is 7.79. The summed E-state index contributed by atoms with van der Waals surface area (Å²) in [7, 11) is 0. The van der Waals surface area contributed by atoms with Crippen LogP contribution in [0, 0.1) is 0 Å². The molecule has 0 aliphatic carbocycles. The molecule has 1 heterocycles. The van der Waals surface area contributed by atoms with Crippen molar-refractivity contribution < 1.29 is 0 Å². The first kappa shape index (κ1) is 11.4. The summed E-state index contributed by atoms with van der Waals surface area (Å²) < 4.78 is 0. The maximum Gasteiger partial charge on any atom is 0.0493 e. The van der Waals surface area contributed by atoms with Crippen molar-refractivity contribution in [1.29, 1.82) is 0 Å². The molecule has 0 fully saturated rings. The topological polar surface area (TPSA) is 12.4 Å². The third-order valence-electron chi connectivity index (χ3n) is 2.20. The Morgan fingerprint density at radius 1 is 1.19 bits per heavy atom. The Morgan fingerprint density at radius 3 is 2.81 bits per heavy atom. The third-order valence-corrected chi connectivity index (χ3v) is 3.48. The molecule has 0 aliphatic heterocycles. The fourth-order valence-electron chi connectivity index (χ4n) is 1.37. The van der Waals surface area contributed by atoms with E-state index in [1.165, 1.54) is 4.88 Å². The summed E-state index contributed by atoms with van der Waals surface area (Å²) in [5, 5.41) is 2.84. The van der Waals surface area contributed by atoms with E-state index in [0.29, 0.717) is 0 Å². The molecule has 2 rings (SSSR count). The fraction of sp³-hybridized carbons (Fsp3) is 0.154. The maximum absolute atomic E-state index is 6.01. The number of rotatable bonds is 4. The number of hydrogen-bond donors (Lipinski definition) is 0. The van der Waals surface area contributed by atoms with Crippen molar-refractivity contribution in [2.24, 2.45) is 4.99 Å². The molecule has 16 heavy (non-hydrogen) atoms. The van der Waals surface area contributed by atoms with Gasteiger partial charge in [0.05, 0.1) is 0 Å². The van der Waals surface area contributed by atoms with E-state index in [4.69, 9.17) is 11.6 Å². The van der Waals surface area contributed by atoms with Gasteiger partial charge in [0.1, 0.15) is 0 Å². The second-order valence-electron chi connectivity index (χ2n) is 3.39. The van der Waals surface area contributed by atoms with Crippen LogP contribution >= 0.6 is 22.9 Å². The van der Waals surface area contributed by atoms with Crippen LogP contribution in [0.15, 0.2) is 46.8 Å². The smallest absolute Gasteiger partial charge is 0.0493 e. The van der Waals surface area contributed by atoms with Gasteiger partial charge >= 0.3 is 0 Å². The van der Waals surface area contributed by atoms with E-state index in [2.05, 4.69) is 22.5 Å². The minimum atomic E-state index is 0.752. The predicted molar refractivity (Wildman–Crippen MR) is 71.9 cm³/mol. The molecule has 0 aliphatic rings. The van der Waals surface area contributed by atoms with Crippen molar-refractivity contribution in [3.8, 4) is 0 Å². The molecule has 0 N–H and O–H groups in total. The number of hydrogen-bond acceptors (Lipinski definition) is 2. The summed E-state index contributed by atoms with van der Waals surface area (Å²) in [6, 6.07) is 11.9. The Morgan fingerprint density at radius 2 is 2.06 bits per heavy atom. The van der Waals surface area contributed by atoms with Crippen molar-refractivity contribution in [2.75, 3.05) is 6.54 Å². The number of halogens is 1. The Kier molecular flexibility index (Phi) is 4.14. The highest BCUT2D eigenvalue weighted by Crippen LogP contribution is 2.12. The van der Waals surface area contributed by atoms with Crippen LogP contribution in [-0.4, -0.2) is 12.8 Å². The molecule has 1 nitrogen and oxygen atoms in total. The lowest BCUT2D eigenvalue weighted by Gasteiger charge is -1.96. The summed E-state index contributed by atoms with van der Waals surface area (Å²) in [5.41, 5.74) is 0.982. The Hall–Kier alpha value is -1.12. The average Bonchev–Trinajstić information content (AvgIpc) is 2.79. The van der Waals surface area contributed by atoms with Crippen LogP contribution in [0.3, 0.4) is 0 Å². The normalized spacial score (nSPS) is 11.1. The first-order chi connectivity index (χ1) is 7.86. The Bertz CT molecular complexity index is 463. The molecular weight excluding hydrogens is 238 g/mol. The van der Waals surface area contributed by atoms with Gasteiger partial charge in [0.2, 0.25) is 0 Å². The van der Waals surface area contributed by atoms with Crippen LogP contribution in [-0.2, 0) is 6.42 Å². The first-order valence-corrected chi connectivity index (χ1v) is 6.39. The highest BCUT2D eigenvalue weighted by atomic mass is 35.5. The van der Waals surface area contributed by atoms with Crippen LogP contribution in [0.2, 0.25) is 5.02 Å². The molecule has 1 aromatic heterocycles. The van der Waals surface area contributed by atoms with Crippen LogP contribution in [0.4, 0.5) is 0 Å². The van der Waals surface area contributed by atoms with Crippen molar-refractivity contribution in [3.05, 3.63) is 57.2 Å². The van der Waals surface area contributed by atoms with E-state index in [1.807, 2.05) is 30.5 Å². The van der Waals surface area contributed by atoms with Crippen molar-refractivity contribution in [2.45, 2.75) is 6.42 Å². The maximum atomic E-state index is 6.01. The number of aliphatic imine (C=N–C) groups is 1. The second kappa shape index (κ2) is 5.83. The molecule has 2 aromatic rings. The molecule has 1 aromatic carbocycles. The van der Waals surface area contributed by atoms with Gasteiger partial charge in [-0.3, -0.25) is 4.99 Å². The summed E-state index contributed by atoms with van der Waals surface area (Å²) in [5.74, 6) is 0. The quantitative estimate of drug-likeness (QED) is 0.725. The summed E-state index contributed by atoms with van der Waals surface area (Å²) in [6.45, 7) is 0.811. The van der Waals surface area contributed by atoms with Gasteiger partial charge in [0.25, 0.3) is 0 Å². The summed E-state index contributed by atoms with van der Waals surface area (Å²) in [4.78, 5) is 5.75. The van der Waals surface area contributed by atoms with Crippen LogP contribution < -0.4 is 0 Å². The van der Waals surface area contributed by atoms with E-state index in [9.17, 15) is 0 Å². The van der Waals surface area contributed by atoms with Gasteiger partial charge in [0.15, 0.2) is 0 Å². The van der Waals surface area contributed by atoms with Crippen molar-refractivity contribution >= 4 is 29.2 Å². The molecule has 82 valence electrons. The lowest BCUT2D eigenvalue weighted by molar-refractivity contribution is 0.993. The standard InChI is InChI=1S/C13H12ClNS/c14-13-6-2-1-4-11(13)10-15-8-7-12-5-3-9-16-12/h1-6,9-10H,7-8H2/b15-10+. The van der Waals surface area contributed by atoms with Gasteiger partial charge in [-0.05, 0) is 17.5 Å². The molecular formula is C13H12ClNS. The van der Waals surface area contributed by atoms with Crippen molar-refractivity contribution in [3.63, 3.8) is 0 Å².